The smallest absolute Gasteiger partial charge is 0.158 e. The van der Waals surface area contributed by atoms with E-state index in [0.29, 0.717) is 0 Å². The number of fused-ring (bicyclic) bond motifs is 1. The molecule has 17 heavy (non-hydrogen) atoms. The monoisotopic (exact) mass is 233 g/mol. The lowest BCUT2D eigenvalue weighted by Crippen LogP contribution is -2.37. The first-order valence-electron chi connectivity index (χ1n) is 5.75. The first kappa shape index (κ1) is 10.5. The van der Waals surface area contributed by atoms with E-state index < -0.39 is 0 Å². The van der Waals surface area contributed by atoms with E-state index in [0.717, 1.165) is 49.0 Å². The Kier molecular flexibility index (Phi) is 2.44. The highest BCUT2D eigenvalue weighted by atomic mass is 16.5. The second-order valence-electron chi connectivity index (χ2n) is 4.20. The van der Waals surface area contributed by atoms with Crippen LogP contribution in [-0.4, -0.2) is 46.1 Å². The van der Waals surface area contributed by atoms with Gasteiger partial charge in [0, 0.05) is 20.1 Å². The van der Waals surface area contributed by atoms with Gasteiger partial charge in [-0.15, -0.1) is 0 Å². The summed E-state index contributed by atoms with van der Waals surface area (Å²) in [5.74, 6) is 1.75. The van der Waals surface area contributed by atoms with Crippen LogP contribution in [0.25, 0.3) is 11.0 Å². The highest BCUT2D eigenvalue weighted by Gasteiger charge is 2.18. The van der Waals surface area contributed by atoms with Gasteiger partial charge in [-0.25, -0.2) is 9.97 Å². The molecular formula is C11H15N5O. The maximum atomic E-state index is 5.37. The van der Waals surface area contributed by atoms with Crippen LogP contribution < -0.4 is 4.90 Å². The molecular weight excluding hydrogens is 218 g/mol. The molecule has 2 aromatic rings. The molecule has 0 aromatic carbocycles. The Bertz CT molecular complexity index is 544. The predicted molar refractivity (Wildman–Crippen MR) is 64.1 cm³/mol. The summed E-state index contributed by atoms with van der Waals surface area (Å²) < 4.78 is 7.20. The summed E-state index contributed by atoms with van der Waals surface area (Å²) >= 11 is 0. The number of hydrogen-bond acceptors (Lipinski definition) is 5. The van der Waals surface area contributed by atoms with Gasteiger partial charge in [0.05, 0.1) is 19.4 Å². The van der Waals surface area contributed by atoms with Crippen molar-refractivity contribution in [3.8, 4) is 0 Å². The predicted octanol–water partition coefficient (Wildman–Crippen LogP) is 0.508. The number of nitrogens with zero attached hydrogens (tertiary/aromatic N) is 5. The van der Waals surface area contributed by atoms with E-state index in [1.54, 1.807) is 6.20 Å². The fraction of sp³-hybridized carbons (Fsp3) is 0.545. The molecule has 0 N–H and O–H groups in total. The van der Waals surface area contributed by atoms with Gasteiger partial charge in [0.25, 0.3) is 0 Å². The molecule has 0 bridgehead atoms. The molecule has 6 heteroatoms. The van der Waals surface area contributed by atoms with E-state index in [1.807, 2.05) is 18.7 Å². The molecule has 1 aliphatic rings. The molecule has 6 nitrogen and oxygen atoms in total. The fourth-order valence-corrected chi connectivity index (χ4v) is 2.17. The van der Waals surface area contributed by atoms with Gasteiger partial charge in [-0.3, -0.25) is 4.68 Å². The third-order valence-electron chi connectivity index (χ3n) is 2.99. The molecule has 0 atom stereocenters. The van der Waals surface area contributed by atoms with Gasteiger partial charge in [0.1, 0.15) is 16.9 Å². The molecule has 1 aliphatic heterocycles. The Morgan fingerprint density at radius 3 is 2.76 bits per heavy atom. The molecule has 2 aromatic heterocycles. The zero-order valence-corrected chi connectivity index (χ0v) is 10.1. The molecule has 0 spiro atoms. The maximum Gasteiger partial charge on any atom is 0.158 e. The van der Waals surface area contributed by atoms with Gasteiger partial charge in [0.15, 0.2) is 5.82 Å². The molecule has 3 heterocycles. The van der Waals surface area contributed by atoms with Gasteiger partial charge in [-0.2, -0.15) is 5.10 Å². The third kappa shape index (κ3) is 1.74. The third-order valence-corrected chi connectivity index (χ3v) is 2.99. The second kappa shape index (κ2) is 3.96. The number of ether oxygens (including phenoxy) is 1. The van der Waals surface area contributed by atoms with Crippen LogP contribution in [0.3, 0.4) is 0 Å². The van der Waals surface area contributed by atoms with Crippen molar-refractivity contribution in [1.29, 1.82) is 0 Å². The normalized spacial score (nSPS) is 16.7. The van der Waals surface area contributed by atoms with Crippen LogP contribution in [0.1, 0.15) is 5.82 Å². The summed E-state index contributed by atoms with van der Waals surface area (Å²) in [6.45, 7) is 5.16. The first-order valence-corrected chi connectivity index (χ1v) is 5.75. The van der Waals surface area contributed by atoms with Crippen LogP contribution in [0, 0.1) is 6.92 Å². The number of aryl methyl sites for hydroxylation is 2. The highest BCUT2D eigenvalue weighted by molar-refractivity contribution is 5.85. The largest absolute Gasteiger partial charge is 0.378 e. The summed E-state index contributed by atoms with van der Waals surface area (Å²) in [6.07, 6.45) is 1.79. The Labute approximate surface area is 99.2 Å². The fourth-order valence-electron chi connectivity index (χ4n) is 2.17. The SMILES string of the molecule is Cc1nc(N2CCOCC2)c2c(cnn2C)n1. The molecule has 0 radical (unpaired) electrons. The van der Waals surface area contributed by atoms with Gasteiger partial charge in [-0.1, -0.05) is 0 Å². The summed E-state index contributed by atoms with van der Waals surface area (Å²) in [6, 6.07) is 0. The standard InChI is InChI=1S/C11H15N5O/c1-8-13-9-7-12-15(2)10(9)11(14-8)16-3-5-17-6-4-16/h7H,3-6H2,1-2H3. The minimum absolute atomic E-state index is 0.752. The Morgan fingerprint density at radius 1 is 1.24 bits per heavy atom. The average molecular weight is 233 g/mol. The molecule has 0 unspecified atom stereocenters. The number of hydrogen-bond donors (Lipinski definition) is 0. The average Bonchev–Trinajstić information content (AvgIpc) is 2.71. The topological polar surface area (TPSA) is 56.1 Å². The molecule has 0 saturated carbocycles. The van der Waals surface area contributed by atoms with Crippen molar-refractivity contribution in [1.82, 2.24) is 19.7 Å². The van der Waals surface area contributed by atoms with E-state index >= 15 is 0 Å². The van der Waals surface area contributed by atoms with E-state index in [9.17, 15) is 0 Å². The van der Waals surface area contributed by atoms with Crippen molar-refractivity contribution < 1.29 is 4.74 Å². The number of morpholine rings is 1. The van der Waals surface area contributed by atoms with E-state index in [-0.39, 0.29) is 0 Å². The van der Waals surface area contributed by atoms with Crippen LogP contribution in [0.4, 0.5) is 5.82 Å². The lowest BCUT2D eigenvalue weighted by atomic mass is 10.3. The minimum atomic E-state index is 0.752. The summed E-state index contributed by atoms with van der Waals surface area (Å²) in [5.41, 5.74) is 1.90. The van der Waals surface area contributed by atoms with Crippen molar-refractivity contribution in [2.45, 2.75) is 6.92 Å². The second-order valence-corrected chi connectivity index (χ2v) is 4.20. The molecule has 1 fully saturated rings. The van der Waals surface area contributed by atoms with Gasteiger partial charge in [-0.05, 0) is 6.92 Å². The van der Waals surface area contributed by atoms with Crippen molar-refractivity contribution in [2.24, 2.45) is 7.05 Å². The minimum Gasteiger partial charge on any atom is -0.378 e. The lowest BCUT2D eigenvalue weighted by molar-refractivity contribution is 0.122. The van der Waals surface area contributed by atoms with Gasteiger partial charge in [0.2, 0.25) is 0 Å². The van der Waals surface area contributed by atoms with Crippen molar-refractivity contribution in [2.75, 3.05) is 31.2 Å². The number of aromatic nitrogens is 4. The van der Waals surface area contributed by atoms with Crippen LogP contribution in [-0.2, 0) is 11.8 Å². The zero-order valence-electron chi connectivity index (χ0n) is 10.1. The zero-order chi connectivity index (χ0) is 11.8. The molecule has 1 saturated heterocycles. The van der Waals surface area contributed by atoms with Crippen LogP contribution in [0.5, 0.6) is 0 Å². The Morgan fingerprint density at radius 2 is 2.00 bits per heavy atom. The van der Waals surface area contributed by atoms with Crippen LogP contribution in [0.2, 0.25) is 0 Å². The molecule has 3 rings (SSSR count). The van der Waals surface area contributed by atoms with Crippen molar-refractivity contribution in [3.05, 3.63) is 12.0 Å². The van der Waals surface area contributed by atoms with E-state index in [2.05, 4.69) is 20.0 Å². The quantitative estimate of drug-likeness (QED) is 0.718. The van der Waals surface area contributed by atoms with Crippen LogP contribution >= 0.6 is 0 Å². The van der Waals surface area contributed by atoms with E-state index in [1.165, 1.54) is 0 Å². The Balaban J connectivity index is 2.15. The van der Waals surface area contributed by atoms with Crippen molar-refractivity contribution in [3.63, 3.8) is 0 Å². The molecule has 90 valence electrons. The summed E-state index contributed by atoms with van der Waals surface area (Å²) in [7, 11) is 1.92. The maximum absolute atomic E-state index is 5.37. The summed E-state index contributed by atoms with van der Waals surface area (Å²) in [5, 5.41) is 4.25. The summed E-state index contributed by atoms with van der Waals surface area (Å²) in [4.78, 5) is 11.2. The van der Waals surface area contributed by atoms with E-state index in [4.69, 9.17) is 4.74 Å². The lowest BCUT2D eigenvalue weighted by Gasteiger charge is -2.28. The highest BCUT2D eigenvalue weighted by Crippen LogP contribution is 2.23. The number of rotatable bonds is 1. The van der Waals surface area contributed by atoms with Crippen LogP contribution in [0.15, 0.2) is 6.20 Å². The Hall–Kier alpha value is -1.69. The van der Waals surface area contributed by atoms with Gasteiger partial charge >= 0.3 is 0 Å². The van der Waals surface area contributed by atoms with Crippen molar-refractivity contribution >= 4 is 16.9 Å². The molecule has 0 amide bonds. The first-order chi connectivity index (χ1) is 8.25. The molecule has 0 aliphatic carbocycles. The number of anilines is 1. The van der Waals surface area contributed by atoms with Gasteiger partial charge < -0.3 is 9.64 Å².